The molecule has 4 heteroatoms. The van der Waals surface area contributed by atoms with E-state index in [0.717, 1.165) is 25.2 Å². The third kappa shape index (κ3) is 4.99. The number of carboxylic acid groups (broad SMARTS) is 1. The molecule has 19 heavy (non-hydrogen) atoms. The average molecular weight is 264 g/mol. The smallest absolute Gasteiger partial charge is 0.337 e. The van der Waals surface area contributed by atoms with Gasteiger partial charge in [-0.05, 0) is 38.4 Å². The fraction of sp³-hybridized carbons (Fsp3) is 0.600. The molecule has 1 unspecified atom stereocenters. The topological polar surface area (TPSA) is 53.4 Å². The van der Waals surface area contributed by atoms with Crippen LogP contribution in [0.2, 0.25) is 0 Å². The predicted octanol–water partition coefficient (Wildman–Crippen LogP) is 3.18. The van der Waals surface area contributed by atoms with Crippen LogP contribution in [0.3, 0.4) is 0 Å². The highest BCUT2D eigenvalue weighted by molar-refractivity contribution is 5.87. The largest absolute Gasteiger partial charge is 0.478 e. The standard InChI is InChI=1S/C15H24N2O2/c1-4-6-9-17(12(3)5-2)11-14-8-7-13(10-16-14)15(18)19/h7-8,10,12H,4-6,9,11H2,1-3H3,(H,18,19). The van der Waals surface area contributed by atoms with Gasteiger partial charge in [0, 0.05) is 18.8 Å². The number of nitrogens with zero attached hydrogens (tertiary/aromatic N) is 2. The van der Waals surface area contributed by atoms with Crippen molar-refractivity contribution in [2.45, 2.75) is 52.6 Å². The lowest BCUT2D eigenvalue weighted by Gasteiger charge is -2.28. The summed E-state index contributed by atoms with van der Waals surface area (Å²) in [6, 6.07) is 3.96. The Labute approximate surface area is 115 Å². The molecule has 0 fully saturated rings. The van der Waals surface area contributed by atoms with Crippen LogP contribution in [-0.2, 0) is 6.54 Å². The molecular weight excluding hydrogens is 240 g/mol. The monoisotopic (exact) mass is 264 g/mol. The van der Waals surface area contributed by atoms with Crippen molar-refractivity contribution >= 4 is 5.97 Å². The molecule has 0 saturated heterocycles. The van der Waals surface area contributed by atoms with Crippen LogP contribution in [-0.4, -0.2) is 33.5 Å². The molecular formula is C15H24N2O2. The highest BCUT2D eigenvalue weighted by atomic mass is 16.4. The fourth-order valence-electron chi connectivity index (χ4n) is 1.93. The second-order valence-corrected chi connectivity index (χ2v) is 4.92. The molecule has 0 aromatic carbocycles. The number of carboxylic acids is 1. The van der Waals surface area contributed by atoms with Gasteiger partial charge in [0.1, 0.15) is 0 Å². The van der Waals surface area contributed by atoms with Gasteiger partial charge >= 0.3 is 5.97 Å². The van der Waals surface area contributed by atoms with Crippen LogP contribution < -0.4 is 0 Å². The molecule has 1 atom stereocenters. The summed E-state index contributed by atoms with van der Waals surface area (Å²) in [5.74, 6) is -0.927. The van der Waals surface area contributed by atoms with Gasteiger partial charge in [0.2, 0.25) is 0 Å². The molecule has 4 nitrogen and oxygen atoms in total. The van der Waals surface area contributed by atoms with E-state index in [2.05, 4.69) is 30.7 Å². The van der Waals surface area contributed by atoms with E-state index in [4.69, 9.17) is 5.11 Å². The molecule has 1 heterocycles. The Kier molecular flexibility index (Phi) is 6.50. The number of hydrogen-bond donors (Lipinski definition) is 1. The minimum absolute atomic E-state index is 0.243. The molecule has 0 saturated carbocycles. The van der Waals surface area contributed by atoms with Crippen molar-refractivity contribution in [1.82, 2.24) is 9.88 Å². The molecule has 1 rings (SSSR count). The Hall–Kier alpha value is -1.42. The minimum Gasteiger partial charge on any atom is -0.478 e. The number of aromatic carboxylic acids is 1. The SMILES string of the molecule is CCCCN(Cc1ccc(C(=O)O)cn1)C(C)CC. The maximum Gasteiger partial charge on any atom is 0.337 e. The molecule has 0 aliphatic rings. The van der Waals surface area contributed by atoms with Crippen molar-refractivity contribution in [3.63, 3.8) is 0 Å². The summed E-state index contributed by atoms with van der Waals surface area (Å²) in [7, 11) is 0. The summed E-state index contributed by atoms with van der Waals surface area (Å²) in [4.78, 5) is 17.4. The summed E-state index contributed by atoms with van der Waals surface area (Å²) in [6.45, 7) is 8.45. The van der Waals surface area contributed by atoms with Gasteiger partial charge in [0.25, 0.3) is 0 Å². The predicted molar refractivity (Wildman–Crippen MR) is 76.3 cm³/mol. The number of rotatable bonds is 8. The number of hydrogen-bond acceptors (Lipinski definition) is 3. The van der Waals surface area contributed by atoms with Crippen molar-refractivity contribution in [2.24, 2.45) is 0 Å². The van der Waals surface area contributed by atoms with Crippen molar-refractivity contribution < 1.29 is 9.90 Å². The minimum atomic E-state index is -0.927. The van der Waals surface area contributed by atoms with Crippen LogP contribution in [0.5, 0.6) is 0 Å². The quantitative estimate of drug-likeness (QED) is 0.783. The zero-order valence-corrected chi connectivity index (χ0v) is 12.1. The Bertz CT molecular complexity index is 390. The molecule has 1 N–H and O–H groups in total. The van der Waals surface area contributed by atoms with Gasteiger partial charge in [-0.15, -0.1) is 0 Å². The highest BCUT2D eigenvalue weighted by Gasteiger charge is 2.13. The van der Waals surface area contributed by atoms with Gasteiger partial charge in [0.05, 0.1) is 11.3 Å². The zero-order valence-electron chi connectivity index (χ0n) is 12.1. The molecule has 0 spiro atoms. The molecule has 0 aliphatic carbocycles. The molecule has 0 radical (unpaired) electrons. The van der Waals surface area contributed by atoms with Crippen molar-refractivity contribution in [2.75, 3.05) is 6.54 Å². The summed E-state index contributed by atoms with van der Waals surface area (Å²) in [5.41, 5.74) is 1.17. The number of aromatic nitrogens is 1. The van der Waals surface area contributed by atoms with E-state index in [-0.39, 0.29) is 5.56 Å². The van der Waals surface area contributed by atoms with E-state index in [1.807, 2.05) is 6.07 Å². The lowest BCUT2D eigenvalue weighted by atomic mass is 10.1. The van der Waals surface area contributed by atoms with Gasteiger partial charge < -0.3 is 5.11 Å². The van der Waals surface area contributed by atoms with Crippen molar-refractivity contribution in [1.29, 1.82) is 0 Å². The highest BCUT2D eigenvalue weighted by Crippen LogP contribution is 2.11. The van der Waals surface area contributed by atoms with Crippen LogP contribution in [0.1, 0.15) is 56.1 Å². The Morgan fingerprint density at radius 2 is 2.16 bits per heavy atom. The first-order chi connectivity index (χ1) is 9.08. The molecule has 0 aliphatic heterocycles. The number of pyridine rings is 1. The van der Waals surface area contributed by atoms with Gasteiger partial charge in [-0.3, -0.25) is 9.88 Å². The molecule has 106 valence electrons. The molecule has 0 amide bonds. The van der Waals surface area contributed by atoms with E-state index in [9.17, 15) is 4.79 Å². The van der Waals surface area contributed by atoms with Crippen LogP contribution in [0.25, 0.3) is 0 Å². The zero-order chi connectivity index (χ0) is 14.3. The summed E-state index contributed by atoms with van der Waals surface area (Å²) >= 11 is 0. The first-order valence-electron chi connectivity index (χ1n) is 7.00. The lowest BCUT2D eigenvalue weighted by Crippen LogP contribution is -2.33. The van der Waals surface area contributed by atoms with Crippen LogP contribution in [0.4, 0.5) is 0 Å². The van der Waals surface area contributed by atoms with Gasteiger partial charge in [-0.1, -0.05) is 20.3 Å². The van der Waals surface area contributed by atoms with Gasteiger partial charge in [0.15, 0.2) is 0 Å². The Morgan fingerprint density at radius 1 is 1.42 bits per heavy atom. The van der Waals surface area contributed by atoms with E-state index >= 15 is 0 Å². The second kappa shape index (κ2) is 7.89. The average Bonchev–Trinajstić information content (AvgIpc) is 2.43. The van der Waals surface area contributed by atoms with Crippen LogP contribution >= 0.6 is 0 Å². The number of carbonyl (C=O) groups is 1. The maximum atomic E-state index is 10.8. The van der Waals surface area contributed by atoms with E-state index < -0.39 is 5.97 Å². The van der Waals surface area contributed by atoms with Gasteiger partial charge in [-0.25, -0.2) is 4.79 Å². The molecule has 0 bridgehead atoms. The molecule has 1 aromatic rings. The van der Waals surface area contributed by atoms with Crippen LogP contribution in [0, 0.1) is 0 Å². The van der Waals surface area contributed by atoms with Crippen LogP contribution in [0.15, 0.2) is 18.3 Å². The first kappa shape index (κ1) is 15.6. The summed E-state index contributed by atoms with van der Waals surface area (Å²) < 4.78 is 0. The van der Waals surface area contributed by atoms with Gasteiger partial charge in [-0.2, -0.15) is 0 Å². The van der Waals surface area contributed by atoms with Crippen molar-refractivity contribution in [3.05, 3.63) is 29.6 Å². The Balaban J connectivity index is 2.69. The summed E-state index contributed by atoms with van der Waals surface area (Å²) in [6.07, 6.45) is 4.90. The van der Waals surface area contributed by atoms with Crippen molar-refractivity contribution in [3.8, 4) is 0 Å². The fourth-order valence-corrected chi connectivity index (χ4v) is 1.93. The Morgan fingerprint density at radius 3 is 2.63 bits per heavy atom. The lowest BCUT2D eigenvalue weighted by molar-refractivity contribution is 0.0696. The first-order valence-corrected chi connectivity index (χ1v) is 7.00. The van der Waals surface area contributed by atoms with E-state index in [1.54, 1.807) is 6.07 Å². The maximum absolute atomic E-state index is 10.8. The van der Waals surface area contributed by atoms with E-state index in [0.29, 0.717) is 6.04 Å². The number of unbranched alkanes of at least 4 members (excludes halogenated alkanes) is 1. The second-order valence-electron chi connectivity index (χ2n) is 4.92. The summed E-state index contributed by atoms with van der Waals surface area (Å²) in [5, 5.41) is 8.85. The third-order valence-corrected chi connectivity index (χ3v) is 3.45. The normalized spacial score (nSPS) is 12.6. The third-order valence-electron chi connectivity index (χ3n) is 3.45. The van der Waals surface area contributed by atoms with E-state index in [1.165, 1.54) is 19.0 Å². The molecule has 1 aromatic heterocycles.